The zero-order valence-electron chi connectivity index (χ0n) is 12.5. The van der Waals surface area contributed by atoms with Gasteiger partial charge in [0.05, 0.1) is 0 Å². The summed E-state index contributed by atoms with van der Waals surface area (Å²) in [4.78, 5) is 14.5. The van der Waals surface area contributed by atoms with E-state index in [0.717, 1.165) is 11.8 Å². The highest BCUT2D eigenvalue weighted by molar-refractivity contribution is 5.83. The molecule has 0 aromatic carbocycles. The molecule has 0 bridgehead atoms. The van der Waals surface area contributed by atoms with Crippen LogP contribution in [0.25, 0.3) is 0 Å². The van der Waals surface area contributed by atoms with Crippen molar-refractivity contribution in [1.29, 1.82) is 0 Å². The van der Waals surface area contributed by atoms with Gasteiger partial charge in [-0.3, -0.25) is 4.79 Å². The van der Waals surface area contributed by atoms with Gasteiger partial charge in [0.25, 0.3) is 0 Å². The Hall–Kier alpha value is -0.370. The molecule has 2 fully saturated rings. The zero-order chi connectivity index (χ0) is 13.3. The van der Waals surface area contributed by atoms with E-state index in [1.54, 1.807) is 0 Å². The van der Waals surface area contributed by atoms with Gasteiger partial charge in [0, 0.05) is 17.9 Å². The van der Waals surface area contributed by atoms with Crippen molar-refractivity contribution >= 4 is 5.78 Å². The fourth-order valence-corrected chi connectivity index (χ4v) is 3.66. The molecule has 2 rings (SSSR count). The molecule has 0 spiro atoms. The van der Waals surface area contributed by atoms with Crippen molar-refractivity contribution in [2.45, 2.75) is 59.4 Å². The molecule has 0 aromatic heterocycles. The summed E-state index contributed by atoms with van der Waals surface area (Å²) in [5, 5.41) is 0. The van der Waals surface area contributed by atoms with Gasteiger partial charge in [-0.2, -0.15) is 0 Å². The molecule has 0 amide bonds. The summed E-state index contributed by atoms with van der Waals surface area (Å²) in [5.74, 6) is 2.89. The summed E-state index contributed by atoms with van der Waals surface area (Å²) < 4.78 is 0. The molecular weight excluding hydrogens is 222 g/mol. The van der Waals surface area contributed by atoms with Crippen molar-refractivity contribution in [3.8, 4) is 0 Å². The lowest BCUT2D eigenvalue weighted by atomic mass is 9.63. The molecule has 0 radical (unpaired) electrons. The summed E-state index contributed by atoms with van der Waals surface area (Å²) in [7, 11) is 0. The quantitative estimate of drug-likeness (QED) is 0.763. The number of carbonyl (C=O) groups is 1. The van der Waals surface area contributed by atoms with Gasteiger partial charge < -0.3 is 4.90 Å². The van der Waals surface area contributed by atoms with Crippen molar-refractivity contribution in [3.63, 3.8) is 0 Å². The fraction of sp³-hybridized carbons (Fsp3) is 0.938. The first-order chi connectivity index (χ1) is 8.49. The Labute approximate surface area is 112 Å². The number of carbonyl (C=O) groups excluding carboxylic acids is 1. The third kappa shape index (κ3) is 2.96. The number of ketones is 1. The molecule has 1 aliphatic carbocycles. The SMILES string of the molecule is CC(C)C(=O)C1CC(C2CCN(C(C)C)CC2)C1. The standard InChI is InChI=1S/C16H29NO/c1-11(2)16(18)15-9-14(10-15)13-5-7-17(8-6-13)12(3)4/h11-15H,5-10H2,1-4H3. The van der Waals surface area contributed by atoms with Crippen LogP contribution in [0.1, 0.15) is 53.4 Å². The second kappa shape index (κ2) is 5.73. The van der Waals surface area contributed by atoms with Gasteiger partial charge in [-0.1, -0.05) is 13.8 Å². The van der Waals surface area contributed by atoms with Gasteiger partial charge >= 0.3 is 0 Å². The van der Waals surface area contributed by atoms with Crippen LogP contribution in [-0.4, -0.2) is 29.8 Å². The van der Waals surface area contributed by atoms with E-state index in [1.807, 2.05) is 13.8 Å². The maximum atomic E-state index is 11.9. The molecular formula is C16H29NO. The van der Waals surface area contributed by atoms with E-state index < -0.39 is 0 Å². The summed E-state index contributed by atoms with van der Waals surface area (Å²) in [5.41, 5.74) is 0. The molecule has 1 heterocycles. The predicted octanol–water partition coefficient (Wildman–Crippen LogP) is 3.36. The van der Waals surface area contributed by atoms with E-state index in [2.05, 4.69) is 18.7 Å². The average Bonchev–Trinajstić information content (AvgIpc) is 2.27. The van der Waals surface area contributed by atoms with Crippen LogP contribution in [0.3, 0.4) is 0 Å². The Bertz CT molecular complexity index is 283. The molecule has 0 unspecified atom stereocenters. The number of hydrogen-bond acceptors (Lipinski definition) is 2. The predicted molar refractivity (Wildman–Crippen MR) is 75.5 cm³/mol. The summed E-state index contributed by atoms with van der Waals surface area (Å²) in [6.45, 7) is 11.2. The monoisotopic (exact) mass is 251 g/mol. The first-order valence-electron chi connectivity index (χ1n) is 7.76. The summed E-state index contributed by atoms with van der Waals surface area (Å²) in [6, 6.07) is 0.697. The second-order valence-electron chi connectivity index (χ2n) is 6.95. The largest absolute Gasteiger partial charge is 0.301 e. The fourth-order valence-electron chi connectivity index (χ4n) is 3.66. The smallest absolute Gasteiger partial charge is 0.138 e. The van der Waals surface area contributed by atoms with E-state index in [4.69, 9.17) is 0 Å². The number of likely N-dealkylation sites (tertiary alicyclic amines) is 1. The van der Waals surface area contributed by atoms with Crippen molar-refractivity contribution in [1.82, 2.24) is 4.90 Å². The van der Waals surface area contributed by atoms with Crippen LogP contribution in [0.4, 0.5) is 0 Å². The van der Waals surface area contributed by atoms with Gasteiger partial charge in [0.15, 0.2) is 0 Å². The normalized spacial score (nSPS) is 30.8. The first kappa shape index (κ1) is 14.0. The number of piperidine rings is 1. The van der Waals surface area contributed by atoms with Gasteiger partial charge in [-0.15, -0.1) is 0 Å². The Morgan fingerprint density at radius 1 is 1.00 bits per heavy atom. The Morgan fingerprint density at radius 2 is 1.56 bits per heavy atom. The Kier molecular flexibility index (Phi) is 4.47. The number of Topliss-reactive ketones (excluding diaryl/α,β-unsaturated/α-hetero) is 1. The lowest BCUT2D eigenvalue weighted by Gasteiger charge is -2.44. The van der Waals surface area contributed by atoms with Crippen LogP contribution >= 0.6 is 0 Å². The van der Waals surface area contributed by atoms with Gasteiger partial charge in [-0.05, 0) is 64.5 Å². The molecule has 0 aromatic rings. The molecule has 0 N–H and O–H groups in total. The van der Waals surface area contributed by atoms with Crippen LogP contribution in [0.2, 0.25) is 0 Å². The van der Waals surface area contributed by atoms with Gasteiger partial charge in [-0.25, -0.2) is 0 Å². The molecule has 2 nitrogen and oxygen atoms in total. The summed E-state index contributed by atoms with van der Waals surface area (Å²) in [6.07, 6.45) is 5.07. The molecule has 2 heteroatoms. The Balaban J connectivity index is 1.72. The molecule has 1 saturated heterocycles. The highest BCUT2D eigenvalue weighted by Gasteiger charge is 2.40. The average molecular weight is 251 g/mol. The third-order valence-electron chi connectivity index (χ3n) is 5.12. The minimum atomic E-state index is 0.235. The lowest BCUT2D eigenvalue weighted by molar-refractivity contribution is -0.131. The highest BCUT2D eigenvalue weighted by atomic mass is 16.1. The van der Waals surface area contributed by atoms with Crippen molar-refractivity contribution in [2.75, 3.05) is 13.1 Å². The number of hydrogen-bond donors (Lipinski definition) is 0. The Morgan fingerprint density at radius 3 is 2.00 bits per heavy atom. The van der Waals surface area contributed by atoms with Crippen molar-refractivity contribution in [3.05, 3.63) is 0 Å². The van der Waals surface area contributed by atoms with Crippen LogP contribution in [0.15, 0.2) is 0 Å². The zero-order valence-corrected chi connectivity index (χ0v) is 12.5. The van der Waals surface area contributed by atoms with Gasteiger partial charge in [0.2, 0.25) is 0 Å². The maximum Gasteiger partial charge on any atom is 0.138 e. The molecule has 1 aliphatic heterocycles. The van der Waals surface area contributed by atoms with Crippen molar-refractivity contribution < 1.29 is 4.79 Å². The molecule has 104 valence electrons. The molecule has 1 saturated carbocycles. The summed E-state index contributed by atoms with van der Waals surface area (Å²) >= 11 is 0. The third-order valence-corrected chi connectivity index (χ3v) is 5.12. The maximum absolute atomic E-state index is 11.9. The number of nitrogens with zero attached hydrogens (tertiary/aromatic N) is 1. The van der Waals surface area contributed by atoms with E-state index in [1.165, 1.54) is 38.8 Å². The molecule has 0 atom stereocenters. The minimum Gasteiger partial charge on any atom is -0.301 e. The van der Waals surface area contributed by atoms with Crippen LogP contribution in [0.5, 0.6) is 0 Å². The topological polar surface area (TPSA) is 20.3 Å². The van der Waals surface area contributed by atoms with Crippen LogP contribution < -0.4 is 0 Å². The van der Waals surface area contributed by atoms with Crippen LogP contribution in [-0.2, 0) is 4.79 Å². The molecule has 18 heavy (non-hydrogen) atoms. The minimum absolute atomic E-state index is 0.235. The molecule has 2 aliphatic rings. The van der Waals surface area contributed by atoms with E-state index in [9.17, 15) is 4.79 Å². The van der Waals surface area contributed by atoms with E-state index in [0.29, 0.717) is 17.7 Å². The first-order valence-corrected chi connectivity index (χ1v) is 7.76. The number of rotatable bonds is 4. The van der Waals surface area contributed by atoms with E-state index in [-0.39, 0.29) is 5.92 Å². The lowest BCUT2D eigenvalue weighted by Crippen LogP contribution is -2.44. The second-order valence-corrected chi connectivity index (χ2v) is 6.95. The highest BCUT2D eigenvalue weighted by Crippen LogP contribution is 2.44. The van der Waals surface area contributed by atoms with E-state index >= 15 is 0 Å². The van der Waals surface area contributed by atoms with Crippen molar-refractivity contribution in [2.24, 2.45) is 23.7 Å². The van der Waals surface area contributed by atoms with Crippen LogP contribution in [0, 0.1) is 23.7 Å². The van der Waals surface area contributed by atoms with Gasteiger partial charge in [0.1, 0.15) is 5.78 Å².